The second kappa shape index (κ2) is 5.48. The molecule has 0 radical (unpaired) electrons. The van der Waals surface area contributed by atoms with Gasteiger partial charge in [-0.05, 0) is 81.1 Å². The van der Waals surface area contributed by atoms with Crippen molar-refractivity contribution in [3.05, 3.63) is 58.4 Å². The lowest BCUT2D eigenvalue weighted by molar-refractivity contribution is 0.218. The van der Waals surface area contributed by atoms with Gasteiger partial charge in [0.1, 0.15) is 11.6 Å². The maximum Gasteiger partial charge on any atom is 0.153 e. The van der Waals surface area contributed by atoms with Crippen molar-refractivity contribution in [3.8, 4) is 5.75 Å². The monoisotopic (exact) mass is 294 g/mol. The van der Waals surface area contributed by atoms with Crippen LogP contribution in [-0.4, -0.2) is 9.97 Å². The number of ether oxygens (including phenoxy) is 1. The summed E-state index contributed by atoms with van der Waals surface area (Å²) >= 11 is 0. The summed E-state index contributed by atoms with van der Waals surface area (Å²) in [4.78, 5) is 8.05. The standard InChI is InChI=1S/C19H22N2O/c1-11-6-12(2)8-16(7-11)22-15(5)19-20-17-9-13(3)14(4)10-18(17)21-19/h6-10,15H,1-5H3,(H,20,21)/t15-/m1/s1. The molecule has 0 saturated heterocycles. The van der Waals surface area contributed by atoms with Crippen LogP contribution in [0.2, 0.25) is 0 Å². The van der Waals surface area contributed by atoms with Crippen molar-refractivity contribution in [2.45, 2.75) is 40.7 Å². The Morgan fingerprint density at radius 1 is 0.909 bits per heavy atom. The third-order valence-corrected chi connectivity index (χ3v) is 4.01. The summed E-state index contributed by atoms with van der Waals surface area (Å²) in [5.41, 5.74) is 7.00. The predicted molar refractivity (Wildman–Crippen MR) is 90.5 cm³/mol. The van der Waals surface area contributed by atoms with Gasteiger partial charge in [-0.3, -0.25) is 0 Å². The molecule has 1 atom stereocenters. The molecule has 22 heavy (non-hydrogen) atoms. The number of nitrogens with one attached hydrogen (secondary N) is 1. The first kappa shape index (κ1) is 14.6. The van der Waals surface area contributed by atoms with Gasteiger partial charge in [-0.1, -0.05) is 6.07 Å². The molecule has 3 aromatic rings. The molecule has 1 aromatic heterocycles. The zero-order valence-corrected chi connectivity index (χ0v) is 13.8. The van der Waals surface area contributed by atoms with E-state index in [0.29, 0.717) is 0 Å². The Morgan fingerprint density at radius 3 is 2.23 bits per heavy atom. The van der Waals surface area contributed by atoms with Crippen LogP contribution in [0.5, 0.6) is 5.75 Å². The molecule has 1 heterocycles. The van der Waals surface area contributed by atoms with Crippen LogP contribution in [0.4, 0.5) is 0 Å². The number of hydrogen-bond acceptors (Lipinski definition) is 2. The molecule has 3 rings (SSSR count). The maximum atomic E-state index is 6.06. The zero-order valence-electron chi connectivity index (χ0n) is 13.8. The van der Waals surface area contributed by atoms with Crippen molar-refractivity contribution >= 4 is 11.0 Å². The highest BCUT2D eigenvalue weighted by molar-refractivity contribution is 5.77. The summed E-state index contributed by atoms with van der Waals surface area (Å²) in [6.07, 6.45) is -0.116. The van der Waals surface area contributed by atoms with E-state index in [1.807, 2.05) is 6.92 Å². The van der Waals surface area contributed by atoms with Crippen LogP contribution in [0.25, 0.3) is 11.0 Å². The Labute approximate surface area is 131 Å². The first-order valence-electron chi connectivity index (χ1n) is 7.64. The van der Waals surface area contributed by atoms with Crippen LogP contribution in [-0.2, 0) is 0 Å². The van der Waals surface area contributed by atoms with E-state index < -0.39 is 0 Å². The van der Waals surface area contributed by atoms with Crippen molar-refractivity contribution in [3.63, 3.8) is 0 Å². The molecule has 3 heteroatoms. The molecule has 0 unspecified atom stereocenters. The van der Waals surface area contributed by atoms with E-state index in [1.54, 1.807) is 0 Å². The normalized spacial score (nSPS) is 12.6. The van der Waals surface area contributed by atoms with Gasteiger partial charge in [0.25, 0.3) is 0 Å². The third kappa shape index (κ3) is 2.84. The number of rotatable bonds is 3. The molecular formula is C19H22N2O. The minimum atomic E-state index is -0.116. The van der Waals surface area contributed by atoms with Crippen LogP contribution >= 0.6 is 0 Å². The molecule has 0 aliphatic heterocycles. The van der Waals surface area contributed by atoms with Crippen molar-refractivity contribution in [1.82, 2.24) is 9.97 Å². The van der Waals surface area contributed by atoms with Gasteiger partial charge in [0.15, 0.2) is 6.10 Å². The van der Waals surface area contributed by atoms with Crippen LogP contribution in [0.1, 0.15) is 41.1 Å². The van der Waals surface area contributed by atoms with Gasteiger partial charge in [0.2, 0.25) is 0 Å². The molecule has 1 N–H and O–H groups in total. The van der Waals surface area contributed by atoms with E-state index >= 15 is 0 Å². The number of imidazole rings is 1. The third-order valence-electron chi connectivity index (χ3n) is 4.01. The lowest BCUT2D eigenvalue weighted by Gasteiger charge is -2.13. The molecule has 0 spiro atoms. The lowest BCUT2D eigenvalue weighted by Crippen LogP contribution is -2.05. The number of fused-ring (bicyclic) bond motifs is 1. The van der Waals surface area contributed by atoms with Gasteiger partial charge < -0.3 is 9.72 Å². The van der Waals surface area contributed by atoms with E-state index in [0.717, 1.165) is 22.6 Å². The smallest absolute Gasteiger partial charge is 0.153 e. The number of aromatic nitrogens is 2. The summed E-state index contributed by atoms with van der Waals surface area (Å²) in [6, 6.07) is 10.5. The molecule has 2 aromatic carbocycles. The zero-order chi connectivity index (χ0) is 15.9. The molecule has 0 saturated carbocycles. The largest absolute Gasteiger partial charge is 0.483 e. The first-order valence-corrected chi connectivity index (χ1v) is 7.64. The van der Waals surface area contributed by atoms with Crippen LogP contribution < -0.4 is 4.74 Å². The lowest BCUT2D eigenvalue weighted by atomic mass is 10.1. The summed E-state index contributed by atoms with van der Waals surface area (Å²) in [7, 11) is 0. The molecule has 0 amide bonds. The van der Waals surface area contributed by atoms with E-state index in [1.165, 1.54) is 22.3 Å². The minimum Gasteiger partial charge on any atom is -0.483 e. The van der Waals surface area contributed by atoms with Crippen LogP contribution in [0.3, 0.4) is 0 Å². The second-order valence-corrected chi connectivity index (χ2v) is 6.16. The van der Waals surface area contributed by atoms with E-state index in [2.05, 4.69) is 68.0 Å². The predicted octanol–water partition coefficient (Wildman–Crippen LogP) is 4.94. The van der Waals surface area contributed by atoms with Gasteiger partial charge in [0, 0.05) is 0 Å². The Morgan fingerprint density at radius 2 is 1.55 bits per heavy atom. The highest BCUT2D eigenvalue weighted by Crippen LogP contribution is 2.25. The van der Waals surface area contributed by atoms with Gasteiger partial charge in [-0.15, -0.1) is 0 Å². The van der Waals surface area contributed by atoms with Gasteiger partial charge in [-0.2, -0.15) is 0 Å². The van der Waals surface area contributed by atoms with Gasteiger partial charge in [-0.25, -0.2) is 4.98 Å². The Bertz CT molecular complexity index is 774. The second-order valence-electron chi connectivity index (χ2n) is 6.16. The van der Waals surface area contributed by atoms with E-state index in [4.69, 9.17) is 4.74 Å². The maximum absolute atomic E-state index is 6.06. The molecule has 0 fully saturated rings. The average Bonchev–Trinajstić information content (AvgIpc) is 2.81. The molecule has 3 nitrogen and oxygen atoms in total. The molecule has 0 bridgehead atoms. The van der Waals surface area contributed by atoms with Gasteiger partial charge in [0.05, 0.1) is 11.0 Å². The number of hydrogen-bond donors (Lipinski definition) is 1. The summed E-state index contributed by atoms with van der Waals surface area (Å²) in [5, 5.41) is 0. The van der Waals surface area contributed by atoms with Gasteiger partial charge >= 0.3 is 0 Å². The number of benzene rings is 2. The fraction of sp³-hybridized carbons (Fsp3) is 0.316. The van der Waals surface area contributed by atoms with Crippen molar-refractivity contribution < 1.29 is 4.74 Å². The number of aromatic amines is 1. The summed E-state index contributed by atoms with van der Waals surface area (Å²) in [6.45, 7) is 10.4. The summed E-state index contributed by atoms with van der Waals surface area (Å²) in [5.74, 6) is 1.75. The fourth-order valence-electron chi connectivity index (χ4n) is 2.74. The first-order chi connectivity index (χ1) is 10.4. The number of aryl methyl sites for hydroxylation is 4. The van der Waals surface area contributed by atoms with Crippen LogP contribution in [0, 0.1) is 27.7 Å². The van der Waals surface area contributed by atoms with E-state index in [-0.39, 0.29) is 6.10 Å². The SMILES string of the molecule is Cc1cc(C)cc(O[C@H](C)c2nc3cc(C)c(C)cc3[nH]2)c1. The Hall–Kier alpha value is -2.29. The Kier molecular flexibility index (Phi) is 3.65. The molecular weight excluding hydrogens is 272 g/mol. The van der Waals surface area contributed by atoms with Crippen molar-refractivity contribution in [2.75, 3.05) is 0 Å². The highest BCUT2D eigenvalue weighted by atomic mass is 16.5. The quantitative estimate of drug-likeness (QED) is 0.743. The average molecular weight is 294 g/mol. The van der Waals surface area contributed by atoms with Crippen LogP contribution in [0.15, 0.2) is 30.3 Å². The van der Waals surface area contributed by atoms with Crippen molar-refractivity contribution in [1.29, 1.82) is 0 Å². The topological polar surface area (TPSA) is 37.9 Å². The highest BCUT2D eigenvalue weighted by Gasteiger charge is 2.13. The number of nitrogens with zero attached hydrogens (tertiary/aromatic N) is 1. The molecule has 0 aliphatic rings. The molecule has 0 aliphatic carbocycles. The Balaban J connectivity index is 1.90. The molecule has 114 valence electrons. The summed E-state index contributed by atoms with van der Waals surface area (Å²) < 4.78 is 6.06. The van der Waals surface area contributed by atoms with E-state index in [9.17, 15) is 0 Å². The number of H-pyrrole nitrogens is 1. The minimum absolute atomic E-state index is 0.116. The van der Waals surface area contributed by atoms with Crippen molar-refractivity contribution in [2.24, 2.45) is 0 Å². The fourth-order valence-corrected chi connectivity index (χ4v) is 2.74.